The van der Waals surface area contributed by atoms with Crippen molar-refractivity contribution < 1.29 is 18.7 Å². The molecule has 1 aromatic heterocycles. The first-order valence-corrected chi connectivity index (χ1v) is 8.79. The van der Waals surface area contributed by atoms with Gasteiger partial charge in [-0.05, 0) is 55.1 Å². The summed E-state index contributed by atoms with van der Waals surface area (Å²) in [6, 6.07) is 1.86. The van der Waals surface area contributed by atoms with Crippen molar-refractivity contribution in [3.63, 3.8) is 0 Å². The van der Waals surface area contributed by atoms with E-state index in [0.717, 1.165) is 24.8 Å². The Kier molecular flexibility index (Phi) is 3.32. The quantitative estimate of drug-likeness (QED) is 0.724. The van der Waals surface area contributed by atoms with Gasteiger partial charge in [0.1, 0.15) is 6.10 Å². The summed E-state index contributed by atoms with van der Waals surface area (Å²) in [7, 11) is 0. The Morgan fingerprint density at radius 3 is 2.75 bits per heavy atom. The summed E-state index contributed by atoms with van der Waals surface area (Å²) in [4.78, 5) is 25.0. The second-order valence-electron chi connectivity index (χ2n) is 8.25. The molecular weight excluding hydrogens is 304 g/mol. The minimum Gasteiger partial charge on any atom is -0.472 e. The molecule has 0 aromatic carbocycles. The Hall–Kier alpha value is -1.84. The smallest absolute Gasteiger partial charge is 0.310 e. The van der Waals surface area contributed by atoms with Gasteiger partial charge >= 0.3 is 5.97 Å². The average molecular weight is 328 g/mol. The van der Waals surface area contributed by atoms with Crippen molar-refractivity contribution in [2.45, 2.75) is 52.6 Å². The molecule has 1 aliphatic heterocycles. The minimum absolute atomic E-state index is 0.00226. The van der Waals surface area contributed by atoms with E-state index < -0.39 is 0 Å². The van der Waals surface area contributed by atoms with Crippen molar-refractivity contribution in [1.29, 1.82) is 0 Å². The van der Waals surface area contributed by atoms with E-state index >= 15 is 0 Å². The summed E-state index contributed by atoms with van der Waals surface area (Å²) in [6.07, 6.45) is 7.87. The molecule has 0 radical (unpaired) electrons. The van der Waals surface area contributed by atoms with Gasteiger partial charge in [0.05, 0.1) is 18.4 Å². The van der Waals surface area contributed by atoms with E-state index in [1.54, 1.807) is 12.5 Å². The molecule has 0 unspecified atom stereocenters. The fourth-order valence-corrected chi connectivity index (χ4v) is 5.49. The molecule has 4 heteroatoms. The van der Waals surface area contributed by atoms with Crippen LogP contribution in [-0.4, -0.2) is 11.8 Å². The molecule has 1 saturated heterocycles. The summed E-state index contributed by atoms with van der Waals surface area (Å²) < 4.78 is 10.9. The summed E-state index contributed by atoms with van der Waals surface area (Å²) >= 11 is 0. The van der Waals surface area contributed by atoms with E-state index in [4.69, 9.17) is 9.15 Å². The van der Waals surface area contributed by atoms with Crippen LogP contribution in [-0.2, 0) is 14.3 Å². The van der Waals surface area contributed by atoms with Gasteiger partial charge in [0.15, 0.2) is 5.78 Å². The van der Waals surface area contributed by atoms with E-state index in [-0.39, 0.29) is 40.5 Å². The fourth-order valence-electron chi connectivity index (χ4n) is 5.49. The lowest BCUT2D eigenvalue weighted by atomic mass is 9.46. The first kappa shape index (κ1) is 15.7. The van der Waals surface area contributed by atoms with E-state index in [1.165, 1.54) is 5.57 Å². The van der Waals surface area contributed by atoms with E-state index in [0.29, 0.717) is 6.42 Å². The zero-order valence-corrected chi connectivity index (χ0v) is 14.5. The number of cyclic esters (lactones) is 1. The topological polar surface area (TPSA) is 56.5 Å². The number of carbonyl (C=O) groups is 2. The minimum atomic E-state index is -0.277. The summed E-state index contributed by atoms with van der Waals surface area (Å²) in [5.74, 6) is 0.147. The van der Waals surface area contributed by atoms with Crippen LogP contribution in [0.5, 0.6) is 0 Å². The van der Waals surface area contributed by atoms with Gasteiger partial charge in [-0.1, -0.05) is 19.4 Å². The third kappa shape index (κ3) is 2.04. The van der Waals surface area contributed by atoms with Crippen LogP contribution in [0.25, 0.3) is 0 Å². The Bertz CT molecular complexity index is 716. The highest BCUT2D eigenvalue weighted by Crippen LogP contribution is 2.64. The number of allylic oxidation sites excluding steroid dienone is 2. The third-order valence-corrected chi connectivity index (χ3v) is 7.08. The van der Waals surface area contributed by atoms with Crippen LogP contribution in [0.4, 0.5) is 0 Å². The van der Waals surface area contributed by atoms with Crippen molar-refractivity contribution in [1.82, 2.24) is 0 Å². The standard InChI is InChI=1S/C20H24O4/c1-12-8-14(21)9-17-19(12,2)6-4-15-18(22)24-16(10-20(15,17)3)13-5-7-23-11-13/h5,7-8,11,15-17H,4,6,9-10H2,1-3H3/t15-,16-,17-,19-,20-/m1/s1. The fraction of sp³-hybridized carbons (Fsp3) is 0.600. The van der Waals surface area contributed by atoms with Gasteiger partial charge in [-0.15, -0.1) is 0 Å². The lowest BCUT2D eigenvalue weighted by Crippen LogP contribution is -2.56. The summed E-state index contributed by atoms with van der Waals surface area (Å²) in [6.45, 7) is 6.53. The molecule has 24 heavy (non-hydrogen) atoms. The number of ether oxygens (including phenoxy) is 1. The molecule has 1 aromatic rings. The maximum atomic E-state index is 12.7. The third-order valence-electron chi connectivity index (χ3n) is 7.08. The molecule has 2 aliphatic carbocycles. The molecule has 2 fully saturated rings. The van der Waals surface area contributed by atoms with Crippen LogP contribution in [0.3, 0.4) is 0 Å². The van der Waals surface area contributed by atoms with Crippen molar-refractivity contribution in [3.05, 3.63) is 35.8 Å². The van der Waals surface area contributed by atoms with Crippen LogP contribution in [0.2, 0.25) is 0 Å². The Morgan fingerprint density at radius 2 is 2.04 bits per heavy atom. The van der Waals surface area contributed by atoms with E-state index in [1.807, 2.05) is 12.1 Å². The molecule has 0 amide bonds. The molecule has 0 spiro atoms. The maximum Gasteiger partial charge on any atom is 0.310 e. The van der Waals surface area contributed by atoms with Crippen LogP contribution in [0.15, 0.2) is 34.7 Å². The van der Waals surface area contributed by atoms with Gasteiger partial charge in [0, 0.05) is 12.0 Å². The van der Waals surface area contributed by atoms with Crippen LogP contribution in [0, 0.1) is 22.7 Å². The Morgan fingerprint density at radius 1 is 1.25 bits per heavy atom. The van der Waals surface area contributed by atoms with Gasteiger partial charge in [-0.2, -0.15) is 0 Å². The predicted octanol–water partition coefficient (Wildman–Crippen LogP) is 4.23. The molecule has 4 nitrogen and oxygen atoms in total. The second kappa shape index (κ2) is 5.08. The number of hydrogen-bond acceptors (Lipinski definition) is 4. The van der Waals surface area contributed by atoms with E-state index in [2.05, 4.69) is 20.8 Å². The van der Waals surface area contributed by atoms with Crippen LogP contribution >= 0.6 is 0 Å². The number of esters is 1. The molecule has 2 heterocycles. The Labute approximate surface area is 142 Å². The van der Waals surface area contributed by atoms with Gasteiger partial charge in [-0.3, -0.25) is 9.59 Å². The van der Waals surface area contributed by atoms with Crippen molar-refractivity contribution in [2.75, 3.05) is 0 Å². The van der Waals surface area contributed by atoms with E-state index in [9.17, 15) is 9.59 Å². The highest BCUT2D eigenvalue weighted by molar-refractivity contribution is 5.92. The summed E-state index contributed by atoms with van der Waals surface area (Å²) in [5.41, 5.74) is 1.85. The molecule has 3 aliphatic rings. The number of rotatable bonds is 1. The van der Waals surface area contributed by atoms with Crippen molar-refractivity contribution in [2.24, 2.45) is 22.7 Å². The molecule has 0 bridgehead atoms. The van der Waals surface area contributed by atoms with Crippen LogP contribution < -0.4 is 0 Å². The predicted molar refractivity (Wildman–Crippen MR) is 88.0 cm³/mol. The van der Waals surface area contributed by atoms with Crippen molar-refractivity contribution in [3.8, 4) is 0 Å². The molecule has 4 rings (SSSR count). The molecular formula is C20H24O4. The van der Waals surface area contributed by atoms with Crippen LogP contribution in [0.1, 0.15) is 58.1 Å². The zero-order valence-electron chi connectivity index (χ0n) is 14.5. The SMILES string of the molecule is CC1=CC(=O)C[C@H]2[C@]3(C)C[C@H](c4ccoc4)OC(=O)[C@H]3CC[C@]12C. The maximum absolute atomic E-state index is 12.7. The number of carbonyl (C=O) groups excluding carboxylic acids is 2. The average Bonchev–Trinajstić information content (AvgIpc) is 3.03. The summed E-state index contributed by atoms with van der Waals surface area (Å²) in [5, 5.41) is 0. The number of furan rings is 1. The number of ketones is 1. The van der Waals surface area contributed by atoms with Gasteiger partial charge in [-0.25, -0.2) is 0 Å². The normalized spacial score (nSPS) is 42.0. The van der Waals surface area contributed by atoms with Gasteiger partial charge in [0.2, 0.25) is 0 Å². The molecule has 1 saturated carbocycles. The lowest BCUT2D eigenvalue weighted by Gasteiger charge is -2.59. The van der Waals surface area contributed by atoms with Gasteiger partial charge < -0.3 is 9.15 Å². The highest BCUT2D eigenvalue weighted by atomic mass is 16.5. The monoisotopic (exact) mass is 328 g/mol. The number of fused-ring (bicyclic) bond motifs is 3. The highest BCUT2D eigenvalue weighted by Gasteiger charge is 2.60. The largest absolute Gasteiger partial charge is 0.472 e. The van der Waals surface area contributed by atoms with Crippen molar-refractivity contribution >= 4 is 11.8 Å². The molecule has 5 atom stereocenters. The number of hydrogen-bond donors (Lipinski definition) is 0. The first-order chi connectivity index (χ1) is 11.3. The zero-order chi connectivity index (χ0) is 17.1. The molecule has 128 valence electrons. The lowest BCUT2D eigenvalue weighted by molar-refractivity contribution is -0.191. The molecule has 0 N–H and O–H groups in total. The van der Waals surface area contributed by atoms with Gasteiger partial charge in [0.25, 0.3) is 0 Å². The Balaban J connectivity index is 1.76. The first-order valence-electron chi connectivity index (χ1n) is 8.79. The second-order valence-corrected chi connectivity index (χ2v) is 8.25.